The molecular weight excluding hydrogens is 266 g/mol. The molecule has 0 spiro atoms. The van der Waals surface area contributed by atoms with Crippen LogP contribution < -0.4 is 0 Å². The van der Waals surface area contributed by atoms with Crippen LogP contribution >= 0.6 is 0 Å². The fourth-order valence-corrected chi connectivity index (χ4v) is 4.53. The zero-order chi connectivity index (χ0) is 15.4. The Morgan fingerprint density at radius 2 is 1.91 bits per heavy atom. The normalized spacial score (nSPS) is 26.7. The zero-order valence-electron chi connectivity index (χ0n) is 14.6. The van der Waals surface area contributed by atoms with E-state index in [-0.39, 0.29) is 0 Å². The zero-order valence-corrected chi connectivity index (χ0v) is 14.6. The highest BCUT2D eigenvalue weighted by Crippen LogP contribution is 2.41. The van der Waals surface area contributed by atoms with Crippen molar-refractivity contribution in [2.75, 3.05) is 19.6 Å². The number of aryl methyl sites for hydroxylation is 1. The molecule has 1 aliphatic carbocycles. The Hall–Kier alpha value is -0.820. The first-order valence-corrected chi connectivity index (χ1v) is 9.54. The molecule has 1 saturated heterocycles. The highest BCUT2D eigenvalue weighted by molar-refractivity contribution is 5.33. The molecule has 0 N–H and O–H groups in total. The molecule has 0 radical (unpaired) electrons. The topological polar surface area (TPSA) is 3.24 Å². The van der Waals surface area contributed by atoms with Gasteiger partial charge in [-0.2, -0.15) is 0 Å². The minimum absolute atomic E-state index is 0.837. The third-order valence-corrected chi connectivity index (χ3v) is 5.87. The number of benzene rings is 1. The highest BCUT2D eigenvalue weighted by atomic mass is 15.1. The standard InChI is InChI=1S/C21H33N/c1-17(2)12-15-22-14-6-9-19(13-16-22)21-11-5-8-18-7-3-4-10-20(18)21/h3-4,7,10,17,19,21H,5-6,8-9,11-16H2,1-2H3/t19-,21?/m1/s1. The van der Waals surface area contributed by atoms with Gasteiger partial charge in [-0.25, -0.2) is 0 Å². The monoisotopic (exact) mass is 299 g/mol. The second-order valence-corrected chi connectivity index (χ2v) is 7.91. The molecule has 1 nitrogen and oxygen atoms in total. The second-order valence-electron chi connectivity index (χ2n) is 7.91. The van der Waals surface area contributed by atoms with Gasteiger partial charge in [-0.1, -0.05) is 38.1 Å². The quantitative estimate of drug-likeness (QED) is 0.733. The molecule has 1 unspecified atom stereocenters. The SMILES string of the molecule is CC(C)CCN1CCC[C@@H](C2CCCc3ccccc32)CC1. The van der Waals surface area contributed by atoms with E-state index in [1.807, 2.05) is 0 Å². The van der Waals surface area contributed by atoms with Crippen molar-refractivity contribution in [1.82, 2.24) is 4.90 Å². The molecule has 22 heavy (non-hydrogen) atoms. The maximum atomic E-state index is 2.73. The van der Waals surface area contributed by atoms with E-state index in [4.69, 9.17) is 0 Å². The Morgan fingerprint density at radius 3 is 2.77 bits per heavy atom. The second kappa shape index (κ2) is 7.64. The number of rotatable bonds is 4. The molecule has 3 rings (SSSR count). The van der Waals surface area contributed by atoms with Gasteiger partial charge in [-0.05, 0) is 93.5 Å². The Labute approximate surface area is 137 Å². The molecule has 0 saturated carbocycles. The van der Waals surface area contributed by atoms with Gasteiger partial charge in [0, 0.05) is 0 Å². The van der Waals surface area contributed by atoms with Crippen LogP contribution in [0.2, 0.25) is 0 Å². The third-order valence-electron chi connectivity index (χ3n) is 5.87. The van der Waals surface area contributed by atoms with Gasteiger partial charge in [-0.3, -0.25) is 0 Å². The molecule has 1 aromatic rings. The number of hydrogen-bond acceptors (Lipinski definition) is 1. The average molecular weight is 300 g/mol. The molecule has 2 aliphatic rings. The summed E-state index contributed by atoms with van der Waals surface area (Å²) in [4.78, 5) is 2.73. The smallest absolute Gasteiger partial charge is 0.00159 e. The van der Waals surface area contributed by atoms with Gasteiger partial charge in [-0.15, -0.1) is 0 Å². The summed E-state index contributed by atoms with van der Waals surface area (Å²) in [6.07, 6.45) is 9.75. The Kier molecular flexibility index (Phi) is 5.57. The summed E-state index contributed by atoms with van der Waals surface area (Å²) in [5.41, 5.74) is 3.33. The fraction of sp³-hybridized carbons (Fsp3) is 0.714. The van der Waals surface area contributed by atoms with Crippen molar-refractivity contribution in [2.45, 2.75) is 64.7 Å². The molecule has 1 heterocycles. The lowest BCUT2D eigenvalue weighted by molar-refractivity contribution is 0.258. The first kappa shape index (κ1) is 16.1. The van der Waals surface area contributed by atoms with Crippen molar-refractivity contribution < 1.29 is 0 Å². The summed E-state index contributed by atoms with van der Waals surface area (Å²) in [7, 11) is 0. The van der Waals surface area contributed by atoms with Gasteiger partial charge in [0.05, 0.1) is 0 Å². The molecule has 1 fully saturated rings. The summed E-state index contributed by atoms with van der Waals surface area (Å²) >= 11 is 0. The number of likely N-dealkylation sites (tertiary alicyclic amines) is 1. The Bertz CT molecular complexity index is 465. The minimum Gasteiger partial charge on any atom is -0.303 e. The minimum atomic E-state index is 0.837. The summed E-state index contributed by atoms with van der Waals surface area (Å²) in [5.74, 6) is 2.60. The third kappa shape index (κ3) is 3.93. The van der Waals surface area contributed by atoms with Crippen molar-refractivity contribution in [1.29, 1.82) is 0 Å². The van der Waals surface area contributed by atoms with E-state index in [2.05, 4.69) is 43.0 Å². The predicted octanol–water partition coefficient (Wildman–Crippen LogP) is 5.25. The van der Waals surface area contributed by atoms with Crippen LogP contribution in [0.15, 0.2) is 24.3 Å². The van der Waals surface area contributed by atoms with Crippen LogP contribution in [0.25, 0.3) is 0 Å². The molecule has 0 amide bonds. The molecule has 1 aromatic carbocycles. The van der Waals surface area contributed by atoms with E-state index in [1.165, 1.54) is 64.6 Å². The van der Waals surface area contributed by atoms with Gasteiger partial charge >= 0.3 is 0 Å². The van der Waals surface area contributed by atoms with Crippen molar-refractivity contribution in [2.24, 2.45) is 11.8 Å². The summed E-state index contributed by atoms with van der Waals surface area (Å²) in [6, 6.07) is 9.26. The van der Waals surface area contributed by atoms with Gasteiger partial charge in [0.1, 0.15) is 0 Å². The molecule has 0 aromatic heterocycles. The predicted molar refractivity (Wildman–Crippen MR) is 95.4 cm³/mol. The fourth-order valence-electron chi connectivity index (χ4n) is 4.53. The lowest BCUT2D eigenvalue weighted by Gasteiger charge is -2.32. The largest absolute Gasteiger partial charge is 0.303 e. The van der Waals surface area contributed by atoms with Crippen LogP contribution in [0.4, 0.5) is 0 Å². The molecule has 1 aliphatic heterocycles. The van der Waals surface area contributed by atoms with Gasteiger partial charge in [0.25, 0.3) is 0 Å². The van der Waals surface area contributed by atoms with Gasteiger partial charge < -0.3 is 4.90 Å². The van der Waals surface area contributed by atoms with Crippen molar-refractivity contribution in [3.05, 3.63) is 35.4 Å². The summed E-state index contributed by atoms with van der Waals surface area (Å²) < 4.78 is 0. The van der Waals surface area contributed by atoms with Crippen molar-refractivity contribution in [3.63, 3.8) is 0 Å². The lowest BCUT2D eigenvalue weighted by atomic mass is 9.73. The molecule has 1 heteroatoms. The first-order valence-electron chi connectivity index (χ1n) is 9.54. The summed E-state index contributed by atoms with van der Waals surface area (Å²) in [6.45, 7) is 8.67. The molecule has 122 valence electrons. The van der Waals surface area contributed by atoms with E-state index in [9.17, 15) is 0 Å². The Morgan fingerprint density at radius 1 is 1.05 bits per heavy atom. The van der Waals surface area contributed by atoms with Crippen LogP contribution in [-0.2, 0) is 6.42 Å². The number of nitrogens with zero attached hydrogens (tertiary/aromatic N) is 1. The number of hydrogen-bond donors (Lipinski definition) is 0. The van der Waals surface area contributed by atoms with E-state index < -0.39 is 0 Å². The van der Waals surface area contributed by atoms with Crippen LogP contribution in [0.1, 0.15) is 69.4 Å². The molecule has 2 atom stereocenters. The van der Waals surface area contributed by atoms with E-state index in [0.29, 0.717) is 0 Å². The van der Waals surface area contributed by atoms with Crippen LogP contribution in [-0.4, -0.2) is 24.5 Å². The Balaban J connectivity index is 1.62. The maximum absolute atomic E-state index is 2.73. The van der Waals surface area contributed by atoms with Crippen LogP contribution in [0.3, 0.4) is 0 Å². The van der Waals surface area contributed by atoms with E-state index in [0.717, 1.165) is 17.8 Å². The molecule has 0 bridgehead atoms. The van der Waals surface area contributed by atoms with Gasteiger partial charge in [0.15, 0.2) is 0 Å². The number of fused-ring (bicyclic) bond motifs is 1. The summed E-state index contributed by atoms with van der Waals surface area (Å²) in [5, 5.41) is 0. The average Bonchev–Trinajstić information content (AvgIpc) is 2.78. The van der Waals surface area contributed by atoms with Crippen molar-refractivity contribution in [3.8, 4) is 0 Å². The molecular formula is C21H33N. The van der Waals surface area contributed by atoms with Crippen molar-refractivity contribution >= 4 is 0 Å². The maximum Gasteiger partial charge on any atom is -0.00159 e. The first-order chi connectivity index (χ1) is 10.7. The lowest BCUT2D eigenvalue weighted by Crippen LogP contribution is -2.27. The van der Waals surface area contributed by atoms with E-state index >= 15 is 0 Å². The van der Waals surface area contributed by atoms with Crippen LogP contribution in [0.5, 0.6) is 0 Å². The highest BCUT2D eigenvalue weighted by Gasteiger charge is 2.29. The van der Waals surface area contributed by atoms with E-state index in [1.54, 1.807) is 11.1 Å². The van der Waals surface area contributed by atoms with Crippen LogP contribution in [0, 0.1) is 11.8 Å². The van der Waals surface area contributed by atoms with Gasteiger partial charge in [0.2, 0.25) is 0 Å².